The Kier molecular flexibility index (Phi) is 7.83. The molecule has 1 aromatic carbocycles. The van der Waals surface area contributed by atoms with Gasteiger partial charge in [0.25, 0.3) is 5.91 Å². The number of hydrogen-bond acceptors (Lipinski definition) is 2. The average molecular weight is 312 g/mol. The zero-order chi connectivity index (χ0) is 15.7. The normalized spacial score (nSPS) is 11.9. The maximum Gasteiger partial charge on any atom is 0.303 e. The van der Waals surface area contributed by atoms with Crippen LogP contribution in [0.15, 0.2) is 24.3 Å². The summed E-state index contributed by atoms with van der Waals surface area (Å²) >= 11 is 5.85. The van der Waals surface area contributed by atoms with Gasteiger partial charge in [0, 0.05) is 23.6 Å². The van der Waals surface area contributed by atoms with Gasteiger partial charge in [-0.3, -0.25) is 9.59 Å². The monoisotopic (exact) mass is 311 g/mol. The van der Waals surface area contributed by atoms with E-state index < -0.39 is 5.97 Å². The summed E-state index contributed by atoms with van der Waals surface area (Å²) in [6.07, 6.45) is 3.66. The van der Waals surface area contributed by atoms with Gasteiger partial charge in [-0.1, -0.05) is 37.4 Å². The lowest BCUT2D eigenvalue weighted by molar-refractivity contribution is -0.137. The molecule has 0 aliphatic rings. The molecule has 0 saturated carbocycles. The first kappa shape index (κ1) is 17.5. The van der Waals surface area contributed by atoms with Crippen LogP contribution in [-0.4, -0.2) is 23.5 Å². The van der Waals surface area contributed by atoms with Crippen LogP contribution in [-0.2, 0) is 4.79 Å². The number of halogens is 1. The van der Waals surface area contributed by atoms with E-state index in [1.807, 2.05) is 0 Å². The van der Waals surface area contributed by atoms with Crippen LogP contribution >= 0.6 is 11.6 Å². The van der Waals surface area contributed by atoms with E-state index in [1.165, 1.54) is 0 Å². The second-order valence-electron chi connectivity index (χ2n) is 5.14. The van der Waals surface area contributed by atoms with Gasteiger partial charge in [0.2, 0.25) is 0 Å². The highest BCUT2D eigenvalue weighted by Crippen LogP contribution is 2.17. The number of nitrogens with one attached hydrogen (secondary N) is 1. The van der Waals surface area contributed by atoms with E-state index in [-0.39, 0.29) is 12.3 Å². The van der Waals surface area contributed by atoms with Crippen LogP contribution < -0.4 is 5.32 Å². The Morgan fingerprint density at radius 3 is 2.67 bits per heavy atom. The van der Waals surface area contributed by atoms with Crippen molar-refractivity contribution < 1.29 is 14.7 Å². The fraction of sp³-hybridized carbons (Fsp3) is 0.500. The Balaban J connectivity index is 2.38. The highest BCUT2D eigenvalue weighted by molar-refractivity contribution is 6.30. The fourth-order valence-corrected chi connectivity index (χ4v) is 2.48. The summed E-state index contributed by atoms with van der Waals surface area (Å²) in [5, 5.41) is 12.1. The van der Waals surface area contributed by atoms with Crippen molar-refractivity contribution in [2.75, 3.05) is 6.54 Å². The third-order valence-corrected chi connectivity index (χ3v) is 3.62. The van der Waals surface area contributed by atoms with Crippen molar-refractivity contribution in [3.05, 3.63) is 34.9 Å². The van der Waals surface area contributed by atoms with Crippen molar-refractivity contribution >= 4 is 23.5 Å². The molecule has 0 heterocycles. The van der Waals surface area contributed by atoms with Crippen LogP contribution in [0, 0.1) is 5.92 Å². The number of carboxylic acid groups (broad SMARTS) is 1. The van der Waals surface area contributed by atoms with Crippen LogP contribution in [0.2, 0.25) is 5.02 Å². The van der Waals surface area contributed by atoms with Crippen molar-refractivity contribution in [1.29, 1.82) is 0 Å². The summed E-state index contributed by atoms with van der Waals surface area (Å²) in [4.78, 5) is 22.6. The molecule has 0 saturated heterocycles. The number of carbonyl (C=O) groups excluding carboxylic acids is 1. The Labute approximate surface area is 130 Å². The van der Waals surface area contributed by atoms with Gasteiger partial charge >= 0.3 is 5.97 Å². The summed E-state index contributed by atoms with van der Waals surface area (Å²) in [7, 11) is 0. The molecule has 0 bridgehead atoms. The van der Waals surface area contributed by atoms with Gasteiger partial charge in [-0.15, -0.1) is 0 Å². The average Bonchev–Trinajstić information content (AvgIpc) is 2.44. The third-order valence-electron chi connectivity index (χ3n) is 3.39. The maximum absolute atomic E-state index is 11.9. The van der Waals surface area contributed by atoms with Gasteiger partial charge in [-0.2, -0.15) is 0 Å². The molecule has 1 atom stereocenters. The molecule has 0 spiro atoms. The van der Waals surface area contributed by atoms with E-state index >= 15 is 0 Å². The first-order chi connectivity index (χ1) is 10.0. The summed E-state index contributed by atoms with van der Waals surface area (Å²) in [5.41, 5.74) is 0.542. The molecule has 1 unspecified atom stereocenters. The number of rotatable bonds is 9. The van der Waals surface area contributed by atoms with Gasteiger partial charge in [0.15, 0.2) is 0 Å². The molecular weight excluding hydrogens is 290 g/mol. The number of amides is 1. The predicted octanol–water partition coefficient (Wildman–Crippen LogP) is 3.74. The van der Waals surface area contributed by atoms with Gasteiger partial charge in [-0.25, -0.2) is 0 Å². The van der Waals surface area contributed by atoms with Crippen LogP contribution in [0.1, 0.15) is 49.4 Å². The first-order valence-corrected chi connectivity index (χ1v) is 7.66. The van der Waals surface area contributed by atoms with Crippen LogP contribution in [0.4, 0.5) is 0 Å². The molecule has 1 amide bonds. The Morgan fingerprint density at radius 1 is 1.29 bits per heavy atom. The Bertz CT molecular complexity index is 476. The predicted molar refractivity (Wildman–Crippen MR) is 83.7 cm³/mol. The summed E-state index contributed by atoms with van der Waals surface area (Å²) in [5.74, 6) is -0.573. The molecular formula is C16H22ClNO3. The van der Waals surface area contributed by atoms with E-state index in [9.17, 15) is 9.59 Å². The largest absolute Gasteiger partial charge is 0.481 e. The minimum Gasteiger partial charge on any atom is -0.481 e. The van der Waals surface area contributed by atoms with E-state index in [2.05, 4.69) is 12.2 Å². The zero-order valence-electron chi connectivity index (χ0n) is 12.3. The van der Waals surface area contributed by atoms with Gasteiger partial charge < -0.3 is 10.4 Å². The van der Waals surface area contributed by atoms with E-state index in [4.69, 9.17) is 16.7 Å². The Morgan fingerprint density at radius 2 is 2.05 bits per heavy atom. The molecule has 21 heavy (non-hydrogen) atoms. The third kappa shape index (κ3) is 7.14. The summed E-state index contributed by atoms with van der Waals surface area (Å²) < 4.78 is 0. The number of carbonyl (C=O) groups is 2. The molecule has 4 nitrogen and oxygen atoms in total. The van der Waals surface area contributed by atoms with E-state index in [0.717, 1.165) is 19.3 Å². The van der Waals surface area contributed by atoms with Crippen molar-refractivity contribution in [2.45, 2.75) is 39.0 Å². The highest BCUT2D eigenvalue weighted by atomic mass is 35.5. The Hall–Kier alpha value is -1.55. The number of benzene rings is 1. The van der Waals surface area contributed by atoms with Crippen molar-refractivity contribution in [3.8, 4) is 0 Å². The van der Waals surface area contributed by atoms with Crippen molar-refractivity contribution in [2.24, 2.45) is 5.92 Å². The molecule has 0 radical (unpaired) electrons. The van der Waals surface area contributed by atoms with Gasteiger partial charge in [0.1, 0.15) is 0 Å². The summed E-state index contributed by atoms with van der Waals surface area (Å²) in [6.45, 7) is 2.63. The topological polar surface area (TPSA) is 66.4 Å². The van der Waals surface area contributed by atoms with Gasteiger partial charge in [0.05, 0.1) is 0 Å². The minimum atomic E-state index is -0.765. The standard InChI is InChI=1S/C16H22ClNO3/c1-2-4-12(7-8-15(19)20)9-10-18-16(21)13-5-3-6-14(17)11-13/h3,5-6,11-12H,2,4,7-10H2,1H3,(H,18,21)(H,19,20). The lowest BCUT2D eigenvalue weighted by Gasteiger charge is -2.15. The highest BCUT2D eigenvalue weighted by Gasteiger charge is 2.11. The second-order valence-corrected chi connectivity index (χ2v) is 5.58. The smallest absolute Gasteiger partial charge is 0.303 e. The fourth-order valence-electron chi connectivity index (χ4n) is 2.29. The first-order valence-electron chi connectivity index (χ1n) is 7.28. The minimum absolute atomic E-state index is 0.147. The molecule has 0 aliphatic carbocycles. The molecule has 2 N–H and O–H groups in total. The molecule has 1 aromatic rings. The van der Waals surface area contributed by atoms with Crippen LogP contribution in [0.25, 0.3) is 0 Å². The molecule has 0 aromatic heterocycles. The lowest BCUT2D eigenvalue weighted by atomic mass is 9.94. The number of hydrogen-bond donors (Lipinski definition) is 2. The number of aliphatic carboxylic acids is 1. The molecule has 1 rings (SSSR count). The van der Waals surface area contributed by atoms with Crippen molar-refractivity contribution in [3.63, 3.8) is 0 Å². The second kappa shape index (κ2) is 9.40. The molecule has 5 heteroatoms. The maximum atomic E-state index is 11.9. The van der Waals surface area contributed by atoms with E-state index in [1.54, 1.807) is 24.3 Å². The van der Waals surface area contributed by atoms with Crippen molar-refractivity contribution in [1.82, 2.24) is 5.32 Å². The number of carboxylic acids is 1. The molecule has 116 valence electrons. The summed E-state index contributed by atoms with van der Waals surface area (Å²) in [6, 6.07) is 6.81. The van der Waals surface area contributed by atoms with Gasteiger partial charge in [-0.05, 0) is 37.0 Å². The SMILES string of the molecule is CCCC(CCNC(=O)c1cccc(Cl)c1)CCC(=O)O. The molecule has 0 aliphatic heterocycles. The van der Waals surface area contributed by atoms with E-state index in [0.29, 0.717) is 29.5 Å². The lowest BCUT2D eigenvalue weighted by Crippen LogP contribution is -2.26. The quantitative estimate of drug-likeness (QED) is 0.730. The van der Waals surface area contributed by atoms with Crippen LogP contribution in [0.3, 0.4) is 0 Å². The zero-order valence-corrected chi connectivity index (χ0v) is 13.0. The van der Waals surface area contributed by atoms with Crippen LogP contribution in [0.5, 0.6) is 0 Å². The molecule has 0 fully saturated rings.